The lowest BCUT2D eigenvalue weighted by molar-refractivity contribution is -0.134. The zero-order valence-electron chi connectivity index (χ0n) is 29.9. The quantitative estimate of drug-likeness (QED) is 0.190. The number of benzene rings is 2. The zero-order chi connectivity index (χ0) is 36.6. The average Bonchev–Trinajstić information content (AvgIpc) is 3.78. The summed E-state index contributed by atoms with van der Waals surface area (Å²) in [6, 6.07) is 22.6. The maximum Gasteiger partial charge on any atom is 0.274 e. The van der Waals surface area contributed by atoms with Gasteiger partial charge in [0, 0.05) is 55.9 Å². The van der Waals surface area contributed by atoms with Crippen LogP contribution in [0.1, 0.15) is 82.2 Å². The fourth-order valence-electron chi connectivity index (χ4n) is 7.88. The summed E-state index contributed by atoms with van der Waals surface area (Å²) in [5.74, 6) is -1.13. The largest absolute Gasteiger partial charge is 0.371 e. The van der Waals surface area contributed by atoms with Crippen molar-refractivity contribution in [3.05, 3.63) is 107 Å². The van der Waals surface area contributed by atoms with E-state index in [2.05, 4.69) is 79.3 Å². The van der Waals surface area contributed by atoms with Crippen LogP contribution >= 0.6 is 0 Å². The van der Waals surface area contributed by atoms with Crippen LogP contribution in [0.2, 0.25) is 0 Å². The van der Waals surface area contributed by atoms with E-state index in [1.165, 1.54) is 11.3 Å². The van der Waals surface area contributed by atoms with E-state index < -0.39 is 0 Å². The Morgan fingerprint density at radius 1 is 0.981 bits per heavy atom. The Morgan fingerprint density at radius 3 is 2.58 bits per heavy atom. The molecule has 1 unspecified atom stereocenters. The van der Waals surface area contributed by atoms with Crippen molar-refractivity contribution < 1.29 is 19.2 Å². The van der Waals surface area contributed by atoms with E-state index >= 15 is 0 Å². The molecule has 3 aliphatic heterocycles. The number of aromatic nitrogens is 4. The van der Waals surface area contributed by atoms with Gasteiger partial charge < -0.3 is 20.1 Å². The summed E-state index contributed by atoms with van der Waals surface area (Å²) in [6.07, 6.45) is 6.49. The Balaban J connectivity index is 0.827. The molecule has 2 saturated heterocycles. The number of fused-ring (bicyclic) bond motifs is 3. The lowest BCUT2D eigenvalue weighted by Crippen LogP contribution is -2.43. The van der Waals surface area contributed by atoms with E-state index in [9.17, 15) is 19.2 Å². The molecular weight excluding hydrogens is 670 g/mol. The molecule has 0 bridgehead atoms. The normalized spacial score (nSPS) is 19.3. The molecule has 2 fully saturated rings. The SMILES string of the molecule is C[C@@H]1CNC(=O)c2cc3ccc(C(=O)Nc4cnn(Cc5ccc(N6CCC(N(C)Cc7cccc(C8CCC(=O)NC8=O)c7)CC6)cc5)c4)nc3n21. The van der Waals surface area contributed by atoms with E-state index in [0.29, 0.717) is 49.0 Å². The third-order valence-electron chi connectivity index (χ3n) is 10.8. The molecule has 3 aliphatic rings. The van der Waals surface area contributed by atoms with E-state index in [0.717, 1.165) is 49.0 Å². The predicted octanol–water partition coefficient (Wildman–Crippen LogP) is 4.46. The van der Waals surface area contributed by atoms with Crippen molar-refractivity contribution in [1.29, 1.82) is 0 Å². The van der Waals surface area contributed by atoms with Crippen LogP contribution in [0.4, 0.5) is 11.4 Å². The second-order valence-corrected chi connectivity index (χ2v) is 14.5. The monoisotopic (exact) mass is 713 g/mol. The van der Waals surface area contributed by atoms with Crippen molar-refractivity contribution in [1.82, 2.24) is 34.9 Å². The van der Waals surface area contributed by atoms with Gasteiger partial charge in [0.15, 0.2) is 0 Å². The number of amides is 4. The van der Waals surface area contributed by atoms with Crippen molar-refractivity contribution in [2.75, 3.05) is 36.9 Å². The highest BCUT2D eigenvalue weighted by Gasteiger charge is 2.29. The Morgan fingerprint density at radius 2 is 1.79 bits per heavy atom. The molecule has 2 atom stereocenters. The highest BCUT2D eigenvalue weighted by Crippen LogP contribution is 2.28. The van der Waals surface area contributed by atoms with Crippen molar-refractivity contribution in [2.24, 2.45) is 0 Å². The summed E-state index contributed by atoms with van der Waals surface area (Å²) in [5.41, 5.74) is 6.48. The molecular formula is C40H43N9O4. The van der Waals surface area contributed by atoms with Gasteiger partial charge in [0.25, 0.3) is 11.8 Å². The third-order valence-corrected chi connectivity index (χ3v) is 10.8. The topological polar surface area (TPSA) is 146 Å². The molecule has 8 rings (SSSR count). The molecule has 2 aromatic carbocycles. The fraction of sp³-hybridized carbons (Fsp3) is 0.350. The number of carbonyl (C=O) groups is 4. The molecule has 6 heterocycles. The summed E-state index contributed by atoms with van der Waals surface area (Å²) in [4.78, 5) is 59.0. The maximum absolute atomic E-state index is 13.1. The van der Waals surface area contributed by atoms with Crippen LogP contribution in [0.15, 0.2) is 79.1 Å². The first-order chi connectivity index (χ1) is 25.7. The molecule has 3 aromatic heterocycles. The number of nitrogens with one attached hydrogen (secondary N) is 3. The summed E-state index contributed by atoms with van der Waals surface area (Å²) in [7, 11) is 2.17. The highest BCUT2D eigenvalue weighted by atomic mass is 16.2. The molecule has 0 spiro atoms. The van der Waals surface area contributed by atoms with Gasteiger partial charge in [0.2, 0.25) is 11.8 Å². The highest BCUT2D eigenvalue weighted by molar-refractivity contribution is 6.05. The molecule has 5 aromatic rings. The molecule has 0 radical (unpaired) electrons. The molecule has 13 nitrogen and oxygen atoms in total. The van der Waals surface area contributed by atoms with Crippen LogP contribution in [0.5, 0.6) is 0 Å². The van der Waals surface area contributed by atoms with Gasteiger partial charge in [-0.2, -0.15) is 5.10 Å². The van der Waals surface area contributed by atoms with Crippen LogP contribution in [-0.2, 0) is 22.7 Å². The van der Waals surface area contributed by atoms with Crippen molar-refractivity contribution in [2.45, 2.75) is 63.7 Å². The minimum absolute atomic E-state index is 0.0365. The molecule has 13 heteroatoms. The second kappa shape index (κ2) is 14.3. The first kappa shape index (κ1) is 34.3. The van der Waals surface area contributed by atoms with E-state index in [1.54, 1.807) is 16.9 Å². The van der Waals surface area contributed by atoms with Gasteiger partial charge in [-0.3, -0.25) is 34.1 Å². The van der Waals surface area contributed by atoms with Crippen molar-refractivity contribution in [3.63, 3.8) is 0 Å². The number of rotatable bonds is 9. The minimum atomic E-state index is -0.340. The predicted molar refractivity (Wildman–Crippen MR) is 201 cm³/mol. The first-order valence-electron chi connectivity index (χ1n) is 18.3. The van der Waals surface area contributed by atoms with Gasteiger partial charge in [0.1, 0.15) is 17.0 Å². The van der Waals surface area contributed by atoms with E-state index in [4.69, 9.17) is 0 Å². The van der Waals surface area contributed by atoms with Gasteiger partial charge in [0.05, 0.1) is 30.4 Å². The van der Waals surface area contributed by atoms with Gasteiger partial charge in [-0.25, -0.2) is 4.98 Å². The first-order valence-corrected chi connectivity index (χ1v) is 18.3. The maximum atomic E-state index is 13.1. The number of carbonyl (C=O) groups excluding carboxylic acids is 4. The Kier molecular flexibility index (Phi) is 9.25. The standard InChI is InChI=1S/C40H43N9O4/c1-25-20-41-40(53)35-19-29-8-12-34(44-37(29)49(25)35)39(52)43-30-21-42-48(24-30)23-26-6-9-32(10-7-26)47-16-14-31(15-17-47)46(2)22-27-4-3-5-28(18-27)33-11-13-36(50)45-38(33)51/h3-10,12,18-19,21,24-25,31,33H,11,13-17,20,22-23H2,1-2H3,(H,41,53)(H,43,52)(H,45,50,51)/t25-,33?/m1/s1. The van der Waals surface area contributed by atoms with E-state index in [1.807, 2.05) is 42.0 Å². The Hall–Kier alpha value is -5.82. The Labute approximate surface area is 307 Å². The van der Waals surface area contributed by atoms with Gasteiger partial charge in [-0.1, -0.05) is 36.4 Å². The van der Waals surface area contributed by atoms with Crippen LogP contribution < -0.4 is 20.9 Å². The van der Waals surface area contributed by atoms with E-state index in [-0.39, 0.29) is 41.3 Å². The zero-order valence-corrected chi connectivity index (χ0v) is 29.9. The third kappa shape index (κ3) is 7.16. The number of pyridine rings is 1. The molecule has 0 saturated carbocycles. The number of hydrogen-bond donors (Lipinski definition) is 3. The summed E-state index contributed by atoms with van der Waals surface area (Å²) in [6.45, 7) is 5.84. The van der Waals surface area contributed by atoms with Crippen LogP contribution in [0.25, 0.3) is 11.0 Å². The average molecular weight is 714 g/mol. The molecule has 0 aliphatic carbocycles. The molecule has 3 N–H and O–H groups in total. The number of piperidine rings is 2. The minimum Gasteiger partial charge on any atom is -0.371 e. The van der Waals surface area contributed by atoms with Crippen LogP contribution in [0, 0.1) is 0 Å². The van der Waals surface area contributed by atoms with Crippen LogP contribution in [-0.4, -0.2) is 80.6 Å². The second-order valence-electron chi connectivity index (χ2n) is 14.5. The number of hydrogen-bond acceptors (Lipinski definition) is 8. The van der Waals surface area contributed by atoms with Crippen LogP contribution in [0.3, 0.4) is 0 Å². The number of anilines is 2. The summed E-state index contributed by atoms with van der Waals surface area (Å²) < 4.78 is 3.69. The Bertz CT molecular complexity index is 2200. The number of imide groups is 1. The van der Waals surface area contributed by atoms with Crippen molar-refractivity contribution in [3.8, 4) is 0 Å². The number of nitrogens with zero attached hydrogens (tertiary/aromatic N) is 6. The lowest BCUT2D eigenvalue weighted by Gasteiger charge is -2.38. The molecule has 272 valence electrons. The summed E-state index contributed by atoms with van der Waals surface area (Å²) >= 11 is 0. The van der Waals surface area contributed by atoms with Gasteiger partial charge >= 0.3 is 0 Å². The lowest BCUT2D eigenvalue weighted by atomic mass is 9.89. The molecule has 4 amide bonds. The van der Waals surface area contributed by atoms with Crippen molar-refractivity contribution >= 4 is 46.0 Å². The smallest absolute Gasteiger partial charge is 0.274 e. The van der Waals surface area contributed by atoms with Gasteiger partial charge in [-0.05, 0) is 80.3 Å². The van der Waals surface area contributed by atoms with Gasteiger partial charge in [-0.15, -0.1) is 0 Å². The fourth-order valence-corrected chi connectivity index (χ4v) is 7.88. The summed E-state index contributed by atoms with van der Waals surface area (Å²) in [5, 5.41) is 13.6. The molecule has 53 heavy (non-hydrogen) atoms.